The molecule has 2 aromatic rings. The lowest BCUT2D eigenvalue weighted by Crippen LogP contribution is -1.95. The van der Waals surface area contributed by atoms with E-state index in [0.29, 0.717) is 10.9 Å². The van der Waals surface area contributed by atoms with Crippen LogP contribution < -0.4 is 0 Å². The van der Waals surface area contributed by atoms with Gasteiger partial charge in [-0.1, -0.05) is 36.4 Å². The van der Waals surface area contributed by atoms with Gasteiger partial charge in [-0.2, -0.15) is 0 Å². The molecule has 3 heteroatoms. The van der Waals surface area contributed by atoms with E-state index in [-0.39, 0.29) is 12.2 Å². The standard InChI is InChI=1S/C12H10F2O/c13-12(14)11-9(7-15)6-5-8-3-1-2-4-10(8)11/h1-6,12,15H,7H2. The van der Waals surface area contributed by atoms with Crippen molar-refractivity contribution in [2.24, 2.45) is 0 Å². The summed E-state index contributed by atoms with van der Waals surface area (Å²) in [5.74, 6) is 0. The maximum absolute atomic E-state index is 12.8. The third-order valence-electron chi connectivity index (χ3n) is 2.45. The van der Waals surface area contributed by atoms with Crippen LogP contribution in [-0.4, -0.2) is 5.11 Å². The van der Waals surface area contributed by atoms with E-state index in [2.05, 4.69) is 0 Å². The number of halogens is 2. The molecule has 0 bridgehead atoms. The van der Waals surface area contributed by atoms with Crippen molar-refractivity contribution < 1.29 is 13.9 Å². The van der Waals surface area contributed by atoms with Crippen LogP contribution in [0, 0.1) is 0 Å². The molecule has 0 aliphatic heterocycles. The average Bonchev–Trinajstić information content (AvgIpc) is 2.27. The second kappa shape index (κ2) is 3.95. The molecule has 0 atom stereocenters. The Balaban J connectivity index is 2.79. The van der Waals surface area contributed by atoms with Crippen molar-refractivity contribution >= 4 is 10.8 Å². The topological polar surface area (TPSA) is 20.2 Å². The minimum atomic E-state index is -2.56. The van der Waals surface area contributed by atoms with Crippen molar-refractivity contribution in [3.8, 4) is 0 Å². The highest BCUT2D eigenvalue weighted by atomic mass is 19.3. The lowest BCUT2D eigenvalue weighted by molar-refractivity contribution is 0.149. The van der Waals surface area contributed by atoms with E-state index < -0.39 is 6.43 Å². The van der Waals surface area contributed by atoms with Crippen molar-refractivity contribution in [2.75, 3.05) is 0 Å². The average molecular weight is 208 g/mol. The number of aliphatic hydroxyl groups excluding tert-OH is 1. The summed E-state index contributed by atoms with van der Waals surface area (Å²) in [7, 11) is 0. The van der Waals surface area contributed by atoms with Crippen LogP contribution in [0.1, 0.15) is 17.6 Å². The van der Waals surface area contributed by atoms with Crippen LogP contribution in [-0.2, 0) is 6.61 Å². The van der Waals surface area contributed by atoms with Gasteiger partial charge in [0.2, 0.25) is 0 Å². The Morgan fingerprint density at radius 2 is 1.80 bits per heavy atom. The molecular weight excluding hydrogens is 198 g/mol. The molecule has 78 valence electrons. The van der Waals surface area contributed by atoms with Gasteiger partial charge < -0.3 is 5.11 Å². The predicted octanol–water partition coefficient (Wildman–Crippen LogP) is 3.27. The molecule has 2 aromatic carbocycles. The number of alkyl halides is 2. The Labute approximate surface area is 86.0 Å². The number of fused-ring (bicyclic) bond motifs is 1. The van der Waals surface area contributed by atoms with E-state index >= 15 is 0 Å². The van der Waals surface area contributed by atoms with Gasteiger partial charge in [0.1, 0.15) is 0 Å². The molecule has 0 aliphatic carbocycles. The summed E-state index contributed by atoms with van der Waals surface area (Å²) in [6.07, 6.45) is -2.56. The molecule has 0 heterocycles. The minimum Gasteiger partial charge on any atom is -0.392 e. The number of benzene rings is 2. The summed E-state index contributed by atoms with van der Waals surface area (Å²) in [4.78, 5) is 0. The predicted molar refractivity (Wildman–Crippen MR) is 54.8 cm³/mol. The molecule has 0 amide bonds. The molecule has 1 nitrogen and oxygen atoms in total. The summed E-state index contributed by atoms with van der Waals surface area (Å²) in [6.45, 7) is -0.357. The van der Waals surface area contributed by atoms with E-state index in [9.17, 15) is 8.78 Å². The Kier molecular flexibility index (Phi) is 2.64. The van der Waals surface area contributed by atoms with Crippen LogP contribution in [0.3, 0.4) is 0 Å². The fraction of sp³-hybridized carbons (Fsp3) is 0.167. The zero-order valence-electron chi connectivity index (χ0n) is 7.95. The molecule has 2 rings (SSSR count). The van der Waals surface area contributed by atoms with Gasteiger partial charge in [-0.05, 0) is 16.3 Å². The van der Waals surface area contributed by atoms with Gasteiger partial charge in [0.05, 0.1) is 6.61 Å². The van der Waals surface area contributed by atoms with Crippen LogP contribution in [0.4, 0.5) is 8.78 Å². The van der Waals surface area contributed by atoms with Gasteiger partial charge in [0.15, 0.2) is 0 Å². The van der Waals surface area contributed by atoms with Crippen molar-refractivity contribution in [3.63, 3.8) is 0 Å². The SMILES string of the molecule is OCc1ccc2ccccc2c1C(F)F. The summed E-state index contributed by atoms with van der Waals surface area (Å²) in [5, 5.41) is 10.3. The normalized spacial score (nSPS) is 11.2. The molecule has 0 aromatic heterocycles. The highest BCUT2D eigenvalue weighted by molar-refractivity contribution is 5.87. The molecule has 0 spiro atoms. The van der Waals surface area contributed by atoms with Crippen molar-refractivity contribution in [2.45, 2.75) is 13.0 Å². The van der Waals surface area contributed by atoms with Crippen LogP contribution in [0.5, 0.6) is 0 Å². The monoisotopic (exact) mass is 208 g/mol. The Hall–Kier alpha value is -1.48. The molecule has 0 fully saturated rings. The summed E-state index contributed by atoms with van der Waals surface area (Å²) >= 11 is 0. The first kappa shape index (κ1) is 10.1. The largest absolute Gasteiger partial charge is 0.392 e. The van der Waals surface area contributed by atoms with E-state index in [0.717, 1.165) is 5.39 Å². The van der Waals surface area contributed by atoms with Crippen molar-refractivity contribution in [3.05, 3.63) is 47.5 Å². The summed E-state index contributed by atoms with van der Waals surface area (Å²) < 4.78 is 25.7. The van der Waals surface area contributed by atoms with Gasteiger partial charge in [-0.25, -0.2) is 8.78 Å². The second-order valence-electron chi connectivity index (χ2n) is 3.32. The van der Waals surface area contributed by atoms with E-state index in [4.69, 9.17) is 5.11 Å². The molecule has 0 unspecified atom stereocenters. The van der Waals surface area contributed by atoms with Crippen molar-refractivity contribution in [1.29, 1.82) is 0 Å². The maximum atomic E-state index is 12.8. The number of hydrogen-bond donors (Lipinski definition) is 1. The van der Waals surface area contributed by atoms with Gasteiger partial charge in [0, 0.05) is 5.56 Å². The third kappa shape index (κ3) is 1.70. The van der Waals surface area contributed by atoms with Gasteiger partial charge in [-0.3, -0.25) is 0 Å². The first-order valence-electron chi connectivity index (χ1n) is 4.63. The van der Waals surface area contributed by atoms with Crippen LogP contribution in [0.25, 0.3) is 10.8 Å². The van der Waals surface area contributed by atoms with E-state index in [1.54, 1.807) is 36.4 Å². The van der Waals surface area contributed by atoms with Crippen LogP contribution in [0.2, 0.25) is 0 Å². The van der Waals surface area contributed by atoms with Crippen LogP contribution in [0.15, 0.2) is 36.4 Å². The lowest BCUT2D eigenvalue weighted by Gasteiger charge is -2.10. The molecule has 1 N–H and O–H groups in total. The molecule has 0 radical (unpaired) electrons. The summed E-state index contributed by atoms with van der Waals surface area (Å²) in [6, 6.07) is 10.2. The summed E-state index contributed by atoms with van der Waals surface area (Å²) in [5.41, 5.74) is 0.235. The van der Waals surface area contributed by atoms with Gasteiger partial charge >= 0.3 is 0 Å². The Morgan fingerprint density at radius 3 is 2.47 bits per heavy atom. The van der Waals surface area contributed by atoms with E-state index in [1.165, 1.54) is 0 Å². The fourth-order valence-electron chi connectivity index (χ4n) is 1.74. The first-order chi connectivity index (χ1) is 7.24. The van der Waals surface area contributed by atoms with Crippen molar-refractivity contribution in [1.82, 2.24) is 0 Å². The zero-order chi connectivity index (χ0) is 10.8. The molecule has 0 saturated carbocycles. The smallest absolute Gasteiger partial charge is 0.264 e. The Morgan fingerprint density at radius 1 is 1.07 bits per heavy atom. The molecule has 0 saturated heterocycles. The molecular formula is C12H10F2O. The zero-order valence-corrected chi connectivity index (χ0v) is 7.95. The van der Waals surface area contributed by atoms with Gasteiger partial charge in [-0.15, -0.1) is 0 Å². The van der Waals surface area contributed by atoms with Gasteiger partial charge in [0.25, 0.3) is 6.43 Å². The third-order valence-corrected chi connectivity index (χ3v) is 2.45. The van der Waals surface area contributed by atoms with E-state index in [1.807, 2.05) is 0 Å². The maximum Gasteiger partial charge on any atom is 0.264 e. The second-order valence-corrected chi connectivity index (χ2v) is 3.32. The van der Waals surface area contributed by atoms with Crippen LogP contribution >= 0.6 is 0 Å². The molecule has 15 heavy (non-hydrogen) atoms. The Bertz CT molecular complexity index is 480. The minimum absolute atomic E-state index is 0.0596. The lowest BCUT2D eigenvalue weighted by atomic mass is 9.99. The quantitative estimate of drug-likeness (QED) is 0.803. The first-order valence-corrected chi connectivity index (χ1v) is 4.63. The number of rotatable bonds is 2. The number of aliphatic hydroxyl groups is 1. The highest BCUT2D eigenvalue weighted by Gasteiger charge is 2.15. The highest BCUT2D eigenvalue weighted by Crippen LogP contribution is 2.30. The molecule has 0 aliphatic rings. The number of hydrogen-bond acceptors (Lipinski definition) is 1. The fourth-order valence-corrected chi connectivity index (χ4v) is 1.74.